The Bertz CT molecular complexity index is 206. The van der Waals surface area contributed by atoms with Crippen LogP contribution in [-0.2, 0) is 0 Å². The van der Waals surface area contributed by atoms with Crippen LogP contribution in [0.5, 0.6) is 0 Å². The summed E-state index contributed by atoms with van der Waals surface area (Å²) in [7, 11) is -0.813. The van der Waals surface area contributed by atoms with Gasteiger partial charge in [0.2, 0.25) is 0 Å². The molecule has 0 atom stereocenters. The second-order valence-corrected chi connectivity index (χ2v) is 13.0. The van der Waals surface area contributed by atoms with Gasteiger partial charge in [-0.3, -0.25) is 0 Å². The fourth-order valence-corrected chi connectivity index (χ4v) is 11.0. The lowest BCUT2D eigenvalue weighted by Crippen LogP contribution is -2.49. The third-order valence-electron chi connectivity index (χ3n) is 3.50. The molecule has 0 N–H and O–H groups in total. The van der Waals surface area contributed by atoms with Crippen molar-refractivity contribution < 1.29 is 0 Å². The minimum Gasteiger partial charge on any atom is -0.223 e. The van der Waals surface area contributed by atoms with Crippen molar-refractivity contribution in [3.05, 3.63) is 12.7 Å². The molecule has 0 heterocycles. The molecule has 0 aliphatic rings. The first-order valence-electron chi connectivity index (χ1n) is 6.22. The molecule has 0 aromatic carbocycles. The molecular weight excluding hydrogens is 212 g/mol. The van der Waals surface area contributed by atoms with E-state index < -0.39 is 10.0 Å². The smallest absolute Gasteiger partial charge is 0.00354 e. The van der Waals surface area contributed by atoms with Gasteiger partial charge in [0.25, 0.3) is 0 Å². The predicted octanol–water partition coefficient (Wildman–Crippen LogP) is 5.37. The molecule has 98 valence electrons. The summed E-state index contributed by atoms with van der Waals surface area (Å²) in [6.45, 7) is 25.7. The first-order valence-corrected chi connectivity index (χ1v) is 8.02. The normalized spacial score (nSPS) is 16.1. The lowest BCUT2D eigenvalue weighted by Gasteiger charge is -2.66. The first-order chi connectivity index (χ1) is 6.81. The van der Waals surface area contributed by atoms with Crippen molar-refractivity contribution in [1.82, 2.24) is 0 Å². The van der Waals surface area contributed by atoms with Gasteiger partial charge in [-0.25, -0.2) is 10.0 Å². The second-order valence-electron chi connectivity index (χ2n) is 7.53. The molecule has 1 heteroatoms. The maximum atomic E-state index is 4.01. The van der Waals surface area contributed by atoms with Crippen LogP contribution in [0.25, 0.3) is 0 Å². The summed E-state index contributed by atoms with van der Waals surface area (Å²) in [5.41, 5.74) is 0. The molecule has 0 aromatic rings. The van der Waals surface area contributed by atoms with Crippen molar-refractivity contribution in [2.45, 2.75) is 76.6 Å². The molecule has 0 saturated heterocycles. The molecule has 0 aliphatic carbocycles. The summed E-state index contributed by atoms with van der Waals surface area (Å²) in [5, 5.41) is 0. The van der Waals surface area contributed by atoms with Gasteiger partial charge in [0.15, 0.2) is 0 Å². The first kappa shape index (κ1) is 16.1. The van der Waals surface area contributed by atoms with Crippen LogP contribution in [0.1, 0.15) is 62.3 Å². The standard InChI is InChI=1S/C15H32S/c1-11-12-16(13(2,3)4,14(5,6)7)15(8,9)10/h11H,1,12H2,2-10H3. The van der Waals surface area contributed by atoms with E-state index in [0.717, 1.165) is 5.75 Å². The van der Waals surface area contributed by atoms with Crippen molar-refractivity contribution in [1.29, 1.82) is 0 Å². The molecule has 0 spiro atoms. The predicted molar refractivity (Wildman–Crippen MR) is 81.9 cm³/mol. The van der Waals surface area contributed by atoms with E-state index in [1.54, 1.807) is 0 Å². The minimum atomic E-state index is -0.813. The summed E-state index contributed by atoms with van der Waals surface area (Å²) in [5.74, 6) is 1.16. The maximum Gasteiger partial charge on any atom is -0.00354 e. The molecule has 0 fully saturated rings. The fourth-order valence-electron chi connectivity index (χ4n) is 3.68. The number of rotatable bonds is 2. The van der Waals surface area contributed by atoms with Crippen molar-refractivity contribution in [2.75, 3.05) is 5.75 Å². The zero-order valence-corrected chi connectivity index (χ0v) is 13.7. The minimum absolute atomic E-state index is 0.345. The highest BCUT2D eigenvalue weighted by molar-refractivity contribution is 8.36. The third kappa shape index (κ3) is 2.50. The zero-order chi connectivity index (χ0) is 13.4. The Hall–Kier alpha value is 0.0900. The van der Waals surface area contributed by atoms with Gasteiger partial charge in [-0.2, -0.15) is 0 Å². The monoisotopic (exact) mass is 244 g/mol. The summed E-state index contributed by atoms with van der Waals surface area (Å²) in [6.07, 6.45) is 2.14. The molecule has 0 nitrogen and oxygen atoms in total. The highest BCUT2D eigenvalue weighted by Crippen LogP contribution is 2.74. The van der Waals surface area contributed by atoms with Crippen LogP contribution in [-0.4, -0.2) is 20.0 Å². The molecule has 0 aliphatic heterocycles. The van der Waals surface area contributed by atoms with Crippen molar-refractivity contribution >= 4 is 10.0 Å². The Morgan fingerprint density at radius 2 is 1.00 bits per heavy atom. The summed E-state index contributed by atoms with van der Waals surface area (Å²) in [6, 6.07) is 0. The van der Waals surface area contributed by atoms with Gasteiger partial charge in [-0.05, 0) is 20.0 Å². The Morgan fingerprint density at radius 3 is 1.06 bits per heavy atom. The van der Waals surface area contributed by atoms with Gasteiger partial charge in [0.1, 0.15) is 0 Å². The molecule has 0 radical (unpaired) electrons. The van der Waals surface area contributed by atoms with E-state index in [4.69, 9.17) is 0 Å². The van der Waals surface area contributed by atoms with E-state index >= 15 is 0 Å². The molecular formula is C15H32S. The molecule has 0 bridgehead atoms. The van der Waals surface area contributed by atoms with E-state index in [1.165, 1.54) is 0 Å². The zero-order valence-electron chi connectivity index (χ0n) is 12.9. The van der Waals surface area contributed by atoms with Gasteiger partial charge >= 0.3 is 0 Å². The molecule has 0 amide bonds. The van der Waals surface area contributed by atoms with Gasteiger partial charge in [0, 0.05) is 0 Å². The van der Waals surface area contributed by atoms with E-state index in [2.05, 4.69) is 75.0 Å². The van der Waals surface area contributed by atoms with Crippen LogP contribution < -0.4 is 0 Å². The van der Waals surface area contributed by atoms with Crippen LogP contribution in [0, 0.1) is 0 Å². The van der Waals surface area contributed by atoms with Crippen molar-refractivity contribution in [2.24, 2.45) is 0 Å². The SMILES string of the molecule is C=CCS(C(C)(C)C)(C(C)(C)C)C(C)(C)C. The van der Waals surface area contributed by atoms with Crippen molar-refractivity contribution in [3.63, 3.8) is 0 Å². The van der Waals surface area contributed by atoms with Crippen LogP contribution in [0.3, 0.4) is 0 Å². The Morgan fingerprint density at radius 1 is 0.750 bits per heavy atom. The fraction of sp³-hybridized carbons (Fsp3) is 0.867. The van der Waals surface area contributed by atoms with Crippen LogP contribution in [0.4, 0.5) is 0 Å². The van der Waals surface area contributed by atoms with Crippen molar-refractivity contribution in [3.8, 4) is 0 Å². The lowest BCUT2D eigenvalue weighted by molar-refractivity contribution is 0.647. The Labute approximate surface area is 105 Å². The summed E-state index contributed by atoms with van der Waals surface area (Å²) in [4.78, 5) is 0. The van der Waals surface area contributed by atoms with E-state index in [-0.39, 0.29) is 0 Å². The third-order valence-corrected chi connectivity index (χ3v) is 10.5. The molecule has 16 heavy (non-hydrogen) atoms. The number of hydrogen-bond acceptors (Lipinski definition) is 0. The highest BCUT2D eigenvalue weighted by Gasteiger charge is 2.51. The van der Waals surface area contributed by atoms with Crippen LogP contribution in [0.15, 0.2) is 12.7 Å². The van der Waals surface area contributed by atoms with Crippen LogP contribution in [0.2, 0.25) is 0 Å². The molecule has 0 saturated carbocycles. The summed E-state index contributed by atoms with van der Waals surface area (Å²) >= 11 is 0. The maximum absolute atomic E-state index is 4.01. The van der Waals surface area contributed by atoms with E-state index in [1.807, 2.05) is 0 Å². The lowest BCUT2D eigenvalue weighted by atomic mass is 10.2. The Kier molecular flexibility index (Phi) is 4.43. The molecule has 0 aromatic heterocycles. The van der Waals surface area contributed by atoms with E-state index in [9.17, 15) is 0 Å². The average molecular weight is 244 g/mol. The van der Waals surface area contributed by atoms with Gasteiger partial charge in [0.05, 0.1) is 0 Å². The topological polar surface area (TPSA) is 0 Å². The van der Waals surface area contributed by atoms with Gasteiger partial charge in [-0.15, -0.1) is 6.58 Å². The van der Waals surface area contributed by atoms with Gasteiger partial charge < -0.3 is 0 Å². The Balaban J connectivity index is 5.92. The average Bonchev–Trinajstić information content (AvgIpc) is 1.91. The highest BCUT2D eigenvalue weighted by atomic mass is 32.3. The molecule has 0 unspecified atom stereocenters. The van der Waals surface area contributed by atoms with E-state index in [0.29, 0.717) is 14.2 Å². The van der Waals surface area contributed by atoms with Gasteiger partial charge in [-0.1, -0.05) is 68.4 Å². The number of hydrogen-bond donors (Lipinski definition) is 0. The quantitative estimate of drug-likeness (QED) is 0.573. The largest absolute Gasteiger partial charge is 0.223 e. The second kappa shape index (κ2) is 4.40. The van der Waals surface area contributed by atoms with Crippen LogP contribution >= 0.6 is 10.0 Å². The molecule has 0 rings (SSSR count). The summed E-state index contributed by atoms with van der Waals surface area (Å²) < 4.78 is 1.03.